The van der Waals surface area contributed by atoms with Gasteiger partial charge in [0.05, 0.1) is 13.2 Å². The Hall–Kier alpha value is -2.64. The predicted molar refractivity (Wildman–Crippen MR) is 108 cm³/mol. The molecule has 0 bridgehead atoms. The lowest BCUT2D eigenvalue weighted by molar-refractivity contribution is -0.139. The molecule has 8 heteroatoms. The van der Waals surface area contributed by atoms with Gasteiger partial charge in [-0.25, -0.2) is 9.59 Å². The molecule has 1 aliphatic heterocycles. The number of hydrogen-bond acceptors (Lipinski definition) is 6. The van der Waals surface area contributed by atoms with E-state index in [2.05, 4.69) is 0 Å². The molecule has 1 rings (SSSR count). The summed E-state index contributed by atoms with van der Waals surface area (Å²) in [5.41, 5.74) is 0. The number of rotatable bonds is 10. The molecular weight excluding hydrogens is 376 g/mol. The van der Waals surface area contributed by atoms with Crippen LogP contribution >= 0.6 is 0 Å². The van der Waals surface area contributed by atoms with Gasteiger partial charge in [-0.2, -0.15) is 0 Å². The predicted octanol–water partition coefficient (Wildman–Crippen LogP) is 1.84. The highest BCUT2D eigenvalue weighted by molar-refractivity contribution is 5.96. The molecule has 0 N–H and O–H groups in total. The molecule has 0 saturated carbocycles. The van der Waals surface area contributed by atoms with Gasteiger partial charge < -0.3 is 19.3 Å². The van der Waals surface area contributed by atoms with Gasteiger partial charge in [0, 0.05) is 50.0 Å². The van der Waals surface area contributed by atoms with E-state index in [-0.39, 0.29) is 17.9 Å². The Kier molecular flexibility index (Phi) is 11.4. The topological polar surface area (TPSA) is 93.2 Å². The maximum absolute atomic E-state index is 12.3. The van der Waals surface area contributed by atoms with E-state index >= 15 is 0 Å². The summed E-state index contributed by atoms with van der Waals surface area (Å²) in [7, 11) is 0. The second-order valence-corrected chi connectivity index (χ2v) is 6.87. The van der Waals surface area contributed by atoms with E-state index in [0.29, 0.717) is 32.8 Å². The van der Waals surface area contributed by atoms with Crippen LogP contribution in [0.5, 0.6) is 0 Å². The summed E-state index contributed by atoms with van der Waals surface area (Å²) in [6.45, 7) is 7.52. The van der Waals surface area contributed by atoms with Crippen LogP contribution in [-0.4, -0.2) is 72.4 Å². The first kappa shape index (κ1) is 24.4. The number of esters is 2. The monoisotopic (exact) mass is 408 g/mol. The molecule has 1 unspecified atom stereocenters. The highest BCUT2D eigenvalue weighted by Crippen LogP contribution is 2.11. The van der Waals surface area contributed by atoms with Gasteiger partial charge in [-0.15, -0.1) is 0 Å². The molecule has 1 aliphatic rings. The summed E-state index contributed by atoms with van der Waals surface area (Å²) < 4.78 is 9.95. The van der Waals surface area contributed by atoms with Gasteiger partial charge in [0.25, 0.3) is 0 Å². The van der Waals surface area contributed by atoms with Gasteiger partial charge in [0.2, 0.25) is 11.8 Å². The van der Waals surface area contributed by atoms with E-state index in [9.17, 15) is 19.2 Å². The van der Waals surface area contributed by atoms with Crippen LogP contribution in [0.25, 0.3) is 0 Å². The molecule has 1 fully saturated rings. The summed E-state index contributed by atoms with van der Waals surface area (Å²) in [4.78, 5) is 50.8. The lowest BCUT2D eigenvalue weighted by Crippen LogP contribution is -2.54. The minimum Gasteiger partial charge on any atom is -0.463 e. The third-order valence-corrected chi connectivity index (χ3v) is 4.43. The number of hydrogen-bond donors (Lipinski definition) is 0. The van der Waals surface area contributed by atoms with Crippen molar-refractivity contribution in [3.8, 4) is 0 Å². The average Bonchev–Trinajstić information content (AvgIpc) is 2.70. The van der Waals surface area contributed by atoms with Crippen LogP contribution in [0.2, 0.25) is 0 Å². The maximum atomic E-state index is 12.3. The lowest BCUT2D eigenvalue weighted by Gasteiger charge is -2.39. The smallest absolute Gasteiger partial charge is 0.330 e. The minimum atomic E-state index is -0.538. The van der Waals surface area contributed by atoms with E-state index in [0.717, 1.165) is 37.8 Å². The fourth-order valence-electron chi connectivity index (χ4n) is 2.70. The van der Waals surface area contributed by atoms with Crippen molar-refractivity contribution >= 4 is 23.8 Å². The van der Waals surface area contributed by atoms with Gasteiger partial charge in [0.1, 0.15) is 0 Å². The molecule has 0 aromatic carbocycles. The minimum absolute atomic E-state index is 0.217. The number of nitrogens with zero attached hydrogens (tertiary/aromatic N) is 2. The number of piperazine rings is 1. The molecule has 0 aromatic rings. The zero-order valence-corrected chi connectivity index (χ0v) is 17.6. The Morgan fingerprint density at radius 2 is 1.34 bits per heavy atom. The van der Waals surface area contributed by atoms with Gasteiger partial charge in [-0.05, 0) is 19.8 Å². The first-order chi connectivity index (χ1) is 13.9. The van der Waals surface area contributed by atoms with E-state index in [1.54, 1.807) is 9.80 Å². The van der Waals surface area contributed by atoms with Gasteiger partial charge in [-0.1, -0.05) is 26.7 Å². The molecule has 0 aliphatic carbocycles. The zero-order chi connectivity index (χ0) is 21.6. The van der Waals surface area contributed by atoms with Gasteiger partial charge >= 0.3 is 11.9 Å². The van der Waals surface area contributed by atoms with Crippen LogP contribution < -0.4 is 0 Å². The van der Waals surface area contributed by atoms with E-state index < -0.39 is 11.9 Å². The molecule has 162 valence electrons. The average molecular weight is 408 g/mol. The van der Waals surface area contributed by atoms with Crippen LogP contribution in [0.15, 0.2) is 24.3 Å². The van der Waals surface area contributed by atoms with Crippen molar-refractivity contribution in [1.29, 1.82) is 0 Å². The van der Waals surface area contributed by atoms with Gasteiger partial charge in [0.15, 0.2) is 0 Å². The number of carbonyl (C=O) groups is 4. The van der Waals surface area contributed by atoms with Crippen molar-refractivity contribution in [3.63, 3.8) is 0 Å². The van der Waals surface area contributed by atoms with E-state index in [1.807, 2.05) is 20.8 Å². The fraction of sp³-hybridized carbons (Fsp3) is 0.619. The third-order valence-electron chi connectivity index (χ3n) is 4.43. The van der Waals surface area contributed by atoms with Crippen molar-refractivity contribution in [1.82, 2.24) is 9.80 Å². The number of unbranched alkanes of at least 4 members (excludes halogenated alkanes) is 2. The molecule has 2 amide bonds. The Bertz CT molecular complexity index is 629. The van der Waals surface area contributed by atoms with E-state index in [4.69, 9.17) is 9.47 Å². The van der Waals surface area contributed by atoms with Crippen molar-refractivity contribution in [2.45, 2.75) is 52.5 Å². The summed E-state index contributed by atoms with van der Waals surface area (Å²) in [5, 5.41) is 0. The zero-order valence-electron chi connectivity index (χ0n) is 17.6. The number of carbonyl (C=O) groups excluding carboxylic acids is 4. The molecule has 1 heterocycles. The molecule has 29 heavy (non-hydrogen) atoms. The second-order valence-electron chi connectivity index (χ2n) is 6.87. The van der Waals surface area contributed by atoms with Gasteiger partial charge in [-0.3, -0.25) is 9.59 Å². The first-order valence-corrected chi connectivity index (χ1v) is 10.2. The lowest BCUT2D eigenvalue weighted by atomic mass is 10.1. The Labute approximate surface area is 172 Å². The molecular formula is C21H32N2O6. The van der Waals surface area contributed by atoms with E-state index in [1.165, 1.54) is 12.2 Å². The number of amides is 2. The number of ether oxygens (including phenoxy) is 2. The molecule has 0 radical (unpaired) electrons. The van der Waals surface area contributed by atoms with Crippen molar-refractivity contribution < 1.29 is 28.7 Å². The van der Waals surface area contributed by atoms with Crippen LogP contribution in [-0.2, 0) is 28.7 Å². The summed E-state index contributed by atoms with van der Waals surface area (Å²) in [6.07, 6.45) is 8.08. The standard InChI is InChI=1S/C21H32N2O6/c1-4-6-14-28-20(26)10-8-18(24)22-12-13-23(17(3)16-22)19(25)9-11-21(27)29-15-7-5-2/h8-11,17H,4-7,12-16H2,1-3H3/b10-8+,11-9+. The Morgan fingerprint density at radius 3 is 1.83 bits per heavy atom. The van der Waals surface area contributed by atoms with Crippen molar-refractivity contribution in [2.24, 2.45) is 0 Å². The molecule has 1 saturated heterocycles. The Balaban J connectivity index is 2.46. The quantitative estimate of drug-likeness (QED) is 0.311. The summed E-state index contributed by atoms with van der Waals surface area (Å²) >= 11 is 0. The summed E-state index contributed by atoms with van der Waals surface area (Å²) in [5.74, 6) is -1.67. The van der Waals surface area contributed by atoms with Crippen LogP contribution in [0.3, 0.4) is 0 Å². The maximum Gasteiger partial charge on any atom is 0.330 e. The third kappa shape index (κ3) is 9.40. The fourth-order valence-corrected chi connectivity index (χ4v) is 2.70. The second kappa shape index (κ2) is 13.5. The molecule has 0 aromatic heterocycles. The highest BCUT2D eigenvalue weighted by atomic mass is 16.5. The molecule has 0 spiro atoms. The molecule has 1 atom stereocenters. The van der Waals surface area contributed by atoms with Crippen molar-refractivity contribution in [2.75, 3.05) is 32.8 Å². The highest BCUT2D eigenvalue weighted by Gasteiger charge is 2.28. The summed E-state index contributed by atoms with van der Waals surface area (Å²) in [6, 6.07) is -0.217. The van der Waals surface area contributed by atoms with Crippen LogP contribution in [0, 0.1) is 0 Å². The van der Waals surface area contributed by atoms with Crippen LogP contribution in [0.4, 0.5) is 0 Å². The Morgan fingerprint density at radius 1 is 0.828 bits per heavy atom. The van der Waals surface area contributed by atoms with Crippen molar-refractivity contribution in [3.05, 3.63) is 24.3 Å². The van der Waals surface area contributed by atoms with Crippen LogP contribution in [0.1, 0.15) is 46.5 Å². The largest absolute Gasteiger partial charge is 0.463 e. The molecule has 8 nitrogen and oxygen atoms in total. The SMILES string of the molecule is CCCCOC(=O)/C=C/C(=O)N1CCN(C(=O)/C=C/C(=O)OCCCC)C(C)C1. The normalized spacial score (nSPS) is 17.0. The first-order valence-electron chi connectivity index (χ1n) is 10.2.